The smallest absolute Gasteiger partial charge is 0.422 e. The monoisotopic (exact) mass is 712 g/mol. The number of nitrogens with one attached hydrogen (secondary N) is 1. The summed E-state index contributed by atoms with van der Waals surface area (Å²) in [6, 6.07) is 6.51. The quantitative estimate of drug-likeness (QED) is 0.216. The highest BCUT2D eigenvalue weighted by Gasteiger charge is 2.55. The second-order valence-electron chi connectivity index (χ2n) is 16.5. The summed E-state index contributed by atoms with van der Waals surface area (Å²) in [5.74, 6) is 1.61. The van der Waals surface area contributed by atoms with E-state index in [-0.39, 0.29) is 23.0 Å². The van der Waals surface area contributed by atoms with Gasteiger partial charge in [-0.25, -0.2) is 4.98 Å². The highest BCUT2D eigenvalue weighted by atomic mass is 19.4. The number of hydrogen-bond acceptors (Lipinski definition) is 8. The lowest BCUT2D eigenvalue weighted by molar-refractivity contribution is -0.153. The van der Waals surface area contributed by atoms with Gasteiger partial charge in [0.15, 0.2) is 12.4 Å². The van der Waals surface area contributed by atoms with E-state index >= 15 is 0 Å². The van der Waals surface area contributed by atoms with Crippen molar-refractivity contribution in [3.8, 4) is 16.9 Å². The minimum absolute atomic E-state index is 0.0333. The lowest BCUT2D eigenvalue weighted by Crippen LogP contribution is -2.66. The molecule has 6 heterocycles. The first-order valence-electron chi connectivity index (χ1n) is 18.7. The van der Waals surface area contributed by atoms with Gasteiger partial charge in [0.1, 0.15) is 11.3 Å². The Morgan fingerprint density at radius 3 is 2.40 bits per heavy atom. The van der Waals surface area contributed by atoms with Gasteiger partial charge in [-0.05, 0) is 91.7 Å². The van der Waals surface area contributed by atoms with E-state index in [1.54, 1.807) is 6.20 Å². The van der Waals surface area contributed by atoms with Gasteiger partial charge >= 0.3 is 6.18 Å². The van der Waals surface area contributed by atoms with Gasteiger partial charge in [0.25, 0.3) is 0 Å². The van der Waals surface area contributed by atoms with Crippen LogP contribution in [0.1, 0.15) is 55.6 Å². The number of rotatable bonds is 8. The summed E-state index contributed by atoms with van der Waals surface area (Å²) < 4.78 is 48.2. The molecular formula is C39H43F3N8O2. The van der Waals surface area contributed by atoms with E-state index < -0.39 is 12.8 Å². The number of likely N-dealkylation sites (tertiary alicyclic amines) is 2. The number of benzene rings is 2. The zero-order valence-corrected chi connectivity index (χ0v) is 29.4. The third-order valence-electron chi connectivity index (χ3n) is 12.8. The molecule has 2 aliphatic carbocycles. The van der Waals surface area contributed by atoms with Crippen molar-refractivity contribution < 1.29 is 22.7 Å². The van der Waals surface area contributed by atoms with Crippen molar-refractivity contribution in [2.75, 3.05) is 68.8 Å². The summed E-state index contributed by atoms with van der Waals surface area (Å²) in [5, 5.41) is 8.91. The summed E-state index contributed by atoms with van der Waals surface area (Å²) in [6.07, 6.45) is 4.92. The number of alkyl halides is 3. The number of carbonyl (C=O) groups is 1. The van der Waals surface area contributed by atoms with Crippen LogP contribution < -0.4 is 14.5 Å². The summed E-state index contributed by atoms with van der Waals surface area (Å²) in [5.41, 5.74) is 5.26. The number of nitrogens with zero attached hydrogens (tertiary/aromatic N) is 7. The van der Waals surface area contributed by atoms with Gasteiger partial charge in [-0.1, -0.05) is 12.6 Å². The fourth-order valence-corrected chi connectivity index (χ4v) is 9.31. The van der Waals surface area contributed by atoms with E-state index in [0.29, 0.717) is 28.5 Å². The topological polar surface area (TPSA) is 93.7 Å². The maximum Gasteiger partial charge on any atom is 0.422 e. The molecule has 0 radical (unpaired) electrons. The fourth-order valence-electron chi connectivity index (χ4n) is 9.31. The third-order valence-corrected chi connectivity index (χ3v) is 12.8. The van der Waals surface area contributed by atoms with Gasteiger partial charge in [-0.3, -0.25) is 14.8 Å². The number of aromatic nitrogens is 4. The van der Waals surface area contributed by atoms with Crippen molar-refractivity contribution in [3.05, 3.63) is 48.2 Å². The molecule has 2 saturated carbocycles. The molecule has 2 spiro atoms. The number of halogens is 3. The molecule has 0 unspecified atom stereocenters. The van der Waals surface area contributed by atoms with Crippen LogP contribution in [0.2, 0.25) is 0 Å². The molecule has 272 valence electrons. The van der Waals surface area contributed by atoms with Gasteiger partial charge in [0.05, 0.1) is 11.7 Å². The Morgan fingerprint density at radius 2 is 1.73 bits per heavy atom. The molecule has 1 amide bonds. The average Bonchev–Trinajstić information content (AvgIpc) is 4.01. The number of aryl methyl sites for hydroxylation is 1. The molecule has 4 aromatic rings. The third kappa shape index (κ3) is 5.32. The first kappa shape index (κ1) is 32.3. The number of ether oxygens (including phenoxy) is 1. The largest absolute Gasteiger partial charge is 0.481 e. The van der Waals surface area contributed by atoms with Crippen molar-refractivity contribution in [3.63, 3.8) is 0 Å². The average molecular weight is 713 g/mol. The summed E-state index contributed by atoms with van der Waals surface area (Å²) in [6.45, 7) is 11.0. The Morgan fingerprint density at radius 1 is 1.00 bits per heavy atom. The molecular weight excluding hydrogens is 669 g/mol. The molecule has 2 aromatic carbocycles. The standard InChI is InChI=1S/C39H43F3N8O2/c1-3-30(51)50-20-38(21-50)10-12-47(13-11-38)35-27-14-26(24-5-6-24)32(31-23(2)4-7-29-28(31)15-43-46-29)34(52-22-39(40,41)42)33(27)44-36(45-35)48-16-25(17-48)49-18-37(19-49)8-9-37/h3-4,7,14-15,24-25H,1,5-6,8-13,16-22H2,2H3,(H,43,46). The normalized spacial score (nSPS) is 22.5. The molecule has 2 aromatic heterocycles. The first-order valence-corrected chi connectivity index (χ1v) is 18.7. The molecule has 4 aliphatic heterocycles. The van der Waals surface area contributed by atoms with Crippen LogP contribution in [-0.4, -0.2) is 107 Å². The number of carbonyl (C=O) groups excluding carboxylic acids is 1. The van der Waals surface area contributed by atoms with Crippen molar-refractivity contribution in [1.29, 1.82) is 0 Å². The SMILES string of the molecule is C=CC(=O)N1CC2(CCN(c3nc(N4CC(N5CC6(CC6)C5)C4)nc4c(OCC(F)(F)F)c(-c5c(C)ccc6[nH]ncc56)c(C5CC5)cc34)CC2)C1. The maximum absolute atomic E-state index is 14.1. The molecule has 10 nitrogen and oxygen atoms in total. The van der Waals surface area contributed by atoms with Crippen LogP contribution in [0.4, 0.5) is 24.9 Å². The molecule has 0 atom stereocenters. The minimum atomic E-state index is -4.54. The van der Waals surface area contributed by atoms with Crippen LogP contribution in [0.5, 0.6) is 5.75 Å². The van der Waals surface area contributed by atoms with E-state index in [1.807, 2.05) is 24.0 Å². The van der Waals surface area contributed by atoms with Crippen LogP contribution in [0, 0.1) is 17.8 Å². The fraction of sp³-hybridized carbons (Fsp3) is 0.538. The Kier molecular flexibility index (Phi) is 7.02. The predicted octanol–water partition coefficient (Wildman–Crippen LogP) is 6.20. The molecule has 6 aliphatic rings. The lowest BCUT2D eigenvalue weighted by atomic mass is 9.72. The Hall–Kier alpha value is -4.39. The molecule has 6 fully saturated rings. The molecule has 4 saturated heterocycles. The van der Waals surface area contributed by atoms with E-state index in [1.165, 1.54) is 18.9 Å². The number of hydrogen-bond donors (Lipinski definition) is 1. The number of anilines is 2. The van der Waals surface area contributed by atoms with Gasteiger partial charge in [0.2, 0.25) is 11.9 Å². The van der Waals surface area contributed by atoms with Crippen molar-refractivity contribution in [2.24, 2.45) is 10.8 Å². The predicted molar refractivity (Wildman–Crippen MR) is 193 cm³/mol. The van der Waals surface area contributed by atoms with Crippen LogP contribution >= 0.6 is 0 Å². The van der Waals surface area contributed by atoms with E-state index in [2.05, 4.69) is 37.5 Å². The minimum Gasteiger partial charge on any atom is -0.481 e. The van der Waals surface area contributed by atoms with Gasteiger partial charge in [-0.15, -0.1) is 0 Å². The van der Waals surface area contributed by atoms with Crippen molar-refractivity contribution in [1.82, 2.24) is 30.0 Å². The Bertz CT molecular complexity index is 2110. The number of piperidine rings is 1. The number of fused-ring (bicyclic) bond motifs is 2. The molecule has 13 heteroatoms. The molecule has 1 N–H and O–H groups in total. The highest BCUT2D eigenvalue weighted by molar-refractivity contribution is 6.06. The summed E-state index contributed by atoms with van der Waals surface area (Å²) in [4.78, 5) is 31.5. The van der Waals surface area contributed by atoms with E-state index in [9.17, 15) is 18.0 Å². The highest BCUT2D eigenvalue weighted by Crippen LogP contribution is 2.55. The summed E-state index contributed by atoms with van der Waals surface area (Å²) in [7, 11) is 0. The van der Waals surface area contributed by atoms with Gasteiger partial charge < -0.3 is 19.4 Å². The zero-order chi connectivity index (χ0) is 35.6. The second-order valence-corrected chi connectivity index (χ2v) is 16.5. The maximum atomic E-state index is 14.1. The van der Waals surface area contributed by atoms with E-state index in [4.69, 9.17) is 14.7 Å². The van der Waals surface area contributed by atoms with Crippen LogP contribution in [0.3, 0.4) is 0 Å². The lowest BCUT2D eigenvalue weighted by Gasteiger charge is -2.54. The van der Waals surface area contributed by atoms with Crippen molar-refractivity contribution in [2.45, 2.75) is 63.6 Å². The van der Waals surface area contributed by atoms with E-state index in [0.717, 1.165) is 117 Å². The zero-order valence-electron chi connectivity index (χ0n) is 29.4. The van der Waals surface area contributed by atoms with Crippen LogP contribution in [-0.2, 0) is 4.79 Å². The number of H-pyrrole nitrogens is 1. The number of aromatic amines is 1. The first-order chi connectivity index (χ1) is 25.0. The Balaban J connectivity index is 1.10. The molecule has 0 bridgehead atoms. The van der Waals surface area contributed by atoms with Gasteiger partial charge in [0, 0.05) is 80.2 Å². The second kappa shape index (κ2) is 11.3. The summed E-state index contributed by atoms with van der Waals surface area (Å²) >= 11 is 0. The van der Waals surface area contributed by atoms with Crippen molar-refractivity contribution >= 4 is 39.5 Å². The van der Waals surface area contributed by atoms with Crippen LogP contribution in [0.25, 0.3) is 32.9 Å². The Labute approximate surface area is 300 Å². The number of amides is 1. The molecule has 52 heavy (non-hydrogen) atoms. The van der Waals surface area contributed by atoms with Gasteiger partial charge in [-0.2, -0.15) is 23.3 Å². The molecule has 10 rings (SSSR count). The van der Waals surface area contributed by atoms with Crippen LogP contribution in [0.15, 0.2) is 37.1 Å².